The zero-order chi connectivity index (χ0) is 93.7. The van der Waals surface area contributed by atoms with Crippen molar-refractivity contribution in [3.8, 4) is 78.1 Å². The second-order valence-electron chi connectivity index (χ2n) is 35.2. The summed E-state index contributed by atoms with van der Waals surface area (Å²) in [5.41, 5.74) is 18.9. The summed E-state index contributed by atoms with van der Waals surface area (Å²) in [6, 6.07) is 90.6. The van der Waals surface area contributed by atoms with Crippen molar-refractivity contribution in [1.82, 2.24) is 9.13 Å². The van der Waals surface area contributed by atoms with E-state index in [9.17, 15) is 19.2 Å². The van der Waals surface area contributed by atoms with E-state index in [1.807, 2.05) is 60.7 Å². The molecule has 21 aromatic rings. The molecule has 0 N–H and O–H groups in total. The van der Waals surface area contributed by atoms with E-state index in [4.69, 9.17) is 0 Å². The van der Waals surface area contributed by atoms with Gasteiger partial charge in [-0.25, -0.2) is 0 Å². The predicted molar refractivity (Wildman–Crippen MR) is 524 cm³/mol. The van der Waals surface area contributed by atoms with Crippen LogP contribution in [0.15, 0.2) is 364 Å². The molecule has 0 amide bonds. The van der Waals surface area contributed by atoms with Gasteiger partial charge < -0.3 is 18.9 Å². The van der Waals surface area contributed by atoms with Gasteiger partial charge in [0.25, 0.3) is 6.71 Å². The van der Waals surface area contributed by atoms with Crippen LogP contribution < -0.4 is 26.2 Å². The number of anilines is 6. The molecule has 7 heteroatoms. The Labute approximate surface area is 734 Å². The third kappa shape index (κ3) is 11.6. The van der Waals surface area contributed by atoms with Gasteiger partial charge in [0, 0.05) is 107 Å². The first-order chi connectivity index (χ1) is 64.8. The molecule has 0 bridgehead atoms. The molecule has 0 radical (unpaired) electrons. The van der Waals surface area contributed by atoms with Crippen LogP contribution in [0.3, 0.4) is 0 Å². The molecule has 0 fully saturated rings. The Kier molecular flexibility index (Phi) is 13.4. The molecule has 2 aliphatic rings. The molecular formula is C114H87BN4S2. The predicted octanol–water partition coefficient (Wildman–Crippen LogP) is 30.6. The molecule has 578 valence electrons. The van der Waals surface area contributed by atoms with E-state index in [1.54, 1.807) is 56.1 Å². The summed E-state index contributed by atoms with van der Waals surface area (Å²) >= 11 is 3.51. The molecular weight excluding hydrogens is 1500 g/mol. The van der Waals surface area contributed by atoms with Crippen molar-refractivity contribution in [3.05, 3.63) is 380 Å². The average molecular weight is 1600 g/mol. The first-order valence-corrected chi connectivity index (χ1v) is 43.0. The minimum absolute atomic E-state index is 0.0288. The number of benzene rings is 17. The van der Waals surface area contributed by atoms with Crippen molar-refractivity contribution in [2.45, 2.75) is 78.6 Å². The monoisotopic (exact) mass is 1600 g/mol. The smallest absolute Gasteiger partial charge is 0.252 e. The maximum Gasteiger partial charge on any atom is 0.252 e. The van der Waals surface area contributed by atoms with Gasteiger partial charge in [0.1, 0.15) is 0 Å². The van der Waals surface area contributed by atoms with Crippen LogP contribution >= 0.6 is 22.7 Å². The van der Waals surface area contributed by atoms with E-state index in [1.165, 1.54) is 0 Å². The van der Waals surface area contributed by atoms with Gasteiger partial charge in [0.2, 0.25) is 0 Å². The van der Waals surface area contributed by atoms with Gasteiger partial charge in [-0.15, -0.1) is 22.7 Å². The Morgan fingerprint density at radius 3 is 1.02 bits per heavy atom. The summed E-state index contributed by atoms with van der Waals surface area (Å²) in [6.07, 6.45) is 0. The van der Waals surface area contributed by atoms with Gasteiger partial charge in [0.05, 0.1) is 52.6 Å². The van der Waals surface area contributed by atoms with E-state index < -0.39 is 71.3 Å². The summed E-state index contributed by atoms with van der Waals surface area (Å²) in [5.74, 6) is 0. The lowest BCUT2D eigenvalue weighted by molar-refractivity contribution is 0.590. The zero-order valence-electron chi connectivity index (χ0n) is 82.2. The Morgan fingerprint density at radius 1 is 0.289 bits per heavy atom. The zero-order valence-corrected chi connectivity index (χ0v) is 69.9. The molecule has 6 heterocycles. The minimum atomic E-state index is -0.760. The van der Waals surface area contributed by atoms with Crippen LogP contribution in [-0.2, 0) is 16.2 Å². The number of aromatic nitrogens is 2. The Morgan fingerprint density at radius 2 is 0.636 bits per heavy atom. The quantitative estimate of drug-likeness (QED) is 0.127. The molecule has 0 saturated heterocycles. The lowest BCUT2D eigenvalue weighted by atomic mass is 9.33. The summed E-state index contributed by atoms with van der Waals surface area (Å²) < 4.78 is 148. The van der Waals surface area contributed by atoms with Crippen LogP contribution in [0.5, 0.6) is 0 Å². The van der Waals surface area contributed by atoms with Crippen LogP contribution in [0, 0.1) is 0 Å². The SMILES string of the molecule is [2H]c1c([2H])c([2H])c2c(c1[2H])c1c([2H])c(-c3ccccc3)c([2H])c([2H])c1n2-c1ccc2c(c1)N(c1c(-c3ccc(-c4ccccc4)cc3)cc(C(C)(C)C)c3sc4ccccc4c13)c1cc(C(C)(C)C)cc3c1B2c1ccc(-n2c4c([2H])c([2H])c([2H])c([2H])c4c4c([2H])c(-c5ccccc5)c([2H])c([2H])c42)cc1N3c1c(-c2ccc(-c3ccccc3)cc2)cc(C(C)(C)C)c2sc3ccccc3c12. The molecule has 0 atom stereocenters. The standard InChI is InChI=1S/C114H87BN4S2/c1-112(2,3)80-64-101-107-102(65-80)119(109-88(77-52-48-75(49-53-77)71-32-16-11-17-33-71)69-92(114(7,8)9)111-106(109)86-41-25-29-45-104(86)121-111)100-67-82(117-96-43-27-23-39-84(96)90-63-79(55-61-98(90)117)73-36-20-13-21-37-73)57-59-94(100)115(107)93-58-56-81(116-95-42-26-22-38-83(95)89-62-78(54-60-97(89)116)72-34-18-12-19-35-72)66-99(93)118(101)108-87(76-50-46-74(47-51-76)70-30-14-10-15-31-70)68-91(113(4,5)6)110-105(108)85-40-24-28-44-103(85)120-110/h10-69H,1-9H3/i22D,23D,26D,27D,38D,39D,42D,43D,54D,55D,60D,61D,62D,63D. The molecule has 4 nitrogen and oxygen atoms in total. The average Bonchev–Trinajstić information content (AvgIpc) is 1.62. The molecule has 0 spiro atoms. The van der Waals surface area contributed by atoms with Crippen molar-refractivity contribution in [1.29, 1.82) is 0 Å². The summed E-state index contributed by atoms with van der Waals surface area (Å²) in [6.45, 7) is 19.6. The normalized spacial score (nSPS) is 14.6. The molecule has 121 heavy (non-hydrogen) atoms. The summed E-state index contributed by atoms with van der Waals surface area (Å²) in [5, 5.41) is 4.28. The largest absolute Gasteiger partial charge is 0.310 e. The highest BCUT2D eigenvalue weighted by atomic mass is 32.1. The molecule has 17 aromatic carbocycles. The number of nitrogens with zero attached hydrogens (tertiary/aromatic N) is 4. The Bertz CT molecular complexity index is 8220. The van der Waals surface area contributed by atoms with Gasteiger partial charge in [-0.3, -0.25) is 0 Å². The fourth-order valence-corrected chi connectivity index (χ4v) is 21.8. The second kappa shape index (κ2) is 27.5. The van der Waals surface area contributed by atoms with Crippen LogP contribution in [0.1, 0.15) is 98.2 Å². The molecule has 0 unspecified atom stereocenters. The Hall–Kier alpha value is -13.6. The topological polar surface area (TPSA) is 16.3 Å². The van der Waals surface area contributed by atoms with Crippen LogP contribution in [0.25, 0.3) is 162 Å². The van der Waals surface area contributed by atoms with Gasteiger partial charge in [-0.2, -0.15) is 0 Å². The van der Waals surface area contributed by atoms with E-state index in [-0.39, 0.29) is 91.0 Å². The van der Waals surface area contributed by atoms with Gasteiger partial charge >= 0.3 is 0 Å². The van der Waals surface area contributed by atoms with Gasteiger partial charge in [-0.05, 0) is 202 Å². The highest BCUT2D eigenvalue weighted by molar-refractivity contribution is 7.26. The number of hydrogen-bond acceptors (Lipinski definition) is 4. The first-order valence-electron chi connectivity index (χ1n) is 48.3. The molecule has 23 rings (SSSR count). The lowest BCUT2D eigenvalue weighted by Gasteiger charge is -2.46. The van der Waals surface area contributed by atoms with E-state index in [0.717, 1.165) is 141 Å². The molecule has 4 aromatic heterocycles. The number of fused-ring (bicyclic) bond motifs is 16. The number of para-hydroxylation sites is 2. The number of rotatable bonds is 10. The van der Waals surface area contributed by atoms with E-state index in [0.29, 0.717) is 33.9 Å². The maximum atomic E-state index is 10.5. The Balaban J connectivity index is 0.927. The van der Waals surface area contributed by atoms with E-state index >= 15 is 0 Å². The summed E-state index contributed by atoms with van der Waals surface area (Å²) in [4.78, 5) is 4.92. The summed E-state index contributed by atoms with van der Waals surface area (Å²) in [7, 11) is 0. The highest BCUT2D eigenvalue weighted by Crippen LogP contribution is 2.59. The van der Waals surface area contributed by atoms with Gasteiger partial charge in [-0.1, -0.05) is 329 Å². The van der Waals surface area contributed by atoms with Crippen LogP contribution in [-0.4, -0.2) is 15.8 Å². The third-order valence-corrected chi connectivity index (χ3v) is 27.2. The molecule has 0 aliphatic carbocycles. The third-order valence-electron chi connectivity index (χ3n) is 24.8. The van der Waals surface area contributed by atoms with E-state index in [2.05, 4.69) is 266 Å². The van der Waals surface area contributed by atoms with Crippen LogP contribution in [0.2, 0.25) is 0 Å². The van der Waals surface area contributed by atoms with Crippen molar-refractivity contribution < 1.29 is 19.2 Å². The fraction of sp³-hybridized carbons (Fsp3) is 0.105. The van der Waals surface area contributed by atoms with Crippen molar-refractivity contribution in [3.63, 3.8) is 0 Å². The number of thiophene rings is 2. The first kappa shape index (κ1) is 59.2. The molecule has 2 aliphatic heterocycles. The second-order valence-corrected chi connectivity index (χ2v) is 37.3. The maximum absolute atomic E-state index is 10.5. The fourth-order valence-electron chi connectivity index (χ4n) is 18.9. The van der Waals surface area contributed by atoms with Crippen molar-refractivity contribution in [2.24, 2.45) is 0 Å². The number of hydrogen-bond donors (Lipinski definition) is 0. The minimum Gasteiger partial charge on any atom is -0.310 e. The van der Waals surface area contributed by atoms with Crippen molar-refractivity contribution in [2.75, 3.05) is 9.80 Å². The molecule has 0 saturated carbocycles. The van der Waals surface area contributed by atoms with Gasteiger partial charge in [0.15, 0.2) is 0 Å². The van der Waals surface area contributed by atoms with Crippen molar-refractivity contribution >= 4 is 164 Å². The lowest BCUT2D eigenvalue weighted by Crippen LogP contribution is -2.61. The van der Waals surface area contributed by atoms with Crippen LogP contribution in [0.4, 0.5) is 34.1 Å². The highest BCUT2D eigenvalue weighted by Gasteiger charge is 2.47.